The standard InChI is InChI=1S/C11H18Cl2N2O/c1-10(7-11(10,12)13)9(16)14-8-3-5-15(2)6-4-8/h8H,3-7H2,1-2H3,(H,14,16)/t10-/m0/s1. The zero-order valence-electron chi connectivity index (χ0n) is 9.72. The Kier molecular flexibility index (Phi) is 3.15. The third kappa shape index (κ3) is 2.18. The van der Waals surface area contributed by atoms with Gasteiger partial charge in [-0.3, -0.25) is 4.79 Å². The summed E-state index contributed by atoms with van der Waals surface area (Å²) in [5, 5.41) is 3.06. The van der Waals surface area contributed by atoms with Crippen molar-refractivity contribution in [3.05, 3.63) is 0 Å². The van der Waals surface area contributed by atoms with E-state index in [4.69, 9.17) is 23.2 Å². The van der Waals surface area contributed by atoms with Gasteiger partial charge in [0.1, 0.15) is 4.33 Å². The number of hydrogen-bond acceptors (Lipinski definition) is 2. The van der Waals surface area contributed by atoms with E-state index < -0.39 is 9.75 Å². The molecule has 0 unspecified atom stereocenters. The van der Waals surface area contributed by atoms with Crippen LogP contribution in [0.2, 0.25) is 0 Å². The molecule has 1 amide bonds. The molecule has 1 atom stereocenters. The third-order valence-electron chi connectivity index (χ3n) is 3.81. The van der Waals surface area contributed by atoms with Gasteiger partial charge in [-0.25, -0.2) is 0 Å². The monoisotopic (exact) mass is 264 g/mol. The summed E-state index contributed by atoms with van der Waals surface area (Å²) in [5.41, 5.74) is -0.584. The summed E-state index contributed by atoms with van der Waals surface area (Å²) in [6.45, 7) is 3.90. The van der Waals surface area contributed by atoms with Crippen LogP contribution in [0.1, 0.15) is 26.2 Å². The number of rotatable bonds is 2. The first kappa shape index (κ1) is 12.5. The van der Waals surface area contributed by atoms with Crippen LogP contribution in [0.3, 0.4) is 0 Å². The lowest BCUT2D eigenvalue weighted by Gasteiger charge is -2.30. The SMILES string of the molecule is CN1CCC(NC(=O)[C@]2(C)CC2(Cl)Cl)CC1. The van der Waals surface area contributed by atoms with Crippen LogP contribution in [0.4, 0.5) is 0 Å². The molecular formula is C11H18Cl2N2O. The first-order valence-corrected chi connectivity index (χ1v) is 6.48. The second kappa shape index (κ2) is 4.04. The molecule has 1 saturated heterocycles. The van der Waals surface area contributed by atoms with Gasteiger partial charge in [-0.1, -0.05) is 0 Å². The number of likely N-dealkylation sites (tertiary alicyclic amines) is 1. The van der Waals surface area contributed by atoms with Gasteiger partial charge in [0.2, 0.25) is 5.91 Å². The molecule has 0 spiro atoms. The van der Waals surface area contributed by atoms with Gasteiger partial charge in [0, 0.05) is 6.04 Å². The van der Waals surface area contributed by atoms with E-state index in [1.807, 2.05) is 6.92 Å². The topological polar surface area (TPSA) is 32.3 Å². The summed E-state index contributed by atoms with van der Waals surface area (Å²) in [6, 6.07) is 0.283. The largest absolute Gasteiger partial charge is 0.353 e. The number of nitrogens with one attached hydrogen (secondary N) is 1. The molecule has 1 heterocycles. The number of alkyl halides is 2. The van der Waals surface area contributed by atoms with Gasteiger partial charge in [-0.15, -0.1) is 23.2 Å². The van der Waals surface area contributed by atoms with Gasteiger partial charge in [-0.05, 0) is 46.3 Å². The lowest BCUT2D eigenvalue weighted by atomic mass is 10.0. The molecule has 2 fully saturated rings. The van der Waals surface area contributed by atoms with Crippen LogP contribution in [-0.2, 0) is 4.79 Å². The Bertz CT molecular complexity index is 300. The van der Waals surface area contributed by atoms with E-state index in [1.54, 1.807) is 0 Å². The average Bonchev–Trinajstić information content (AvgIpc) is 2.71. The van der Waals surface area contributed by atoms with E-state index in [0.717, 1.165) is 25.9 Å². The number of nitrogens with zero attached hydrogens (tertiary/aromatic N) is 1. The predicted molar refractivity (Wildman–Crippen MR) is 65.8 cm³/mol. The van der Waals surface area contributed by atoms with Crippen molar-refractivity contribution in [2.24, 2.45) is 5.41 Å². The number of carbonyl (C=O) groups excluding carboxylic acids is 1. The van der Waals surface area contributed by atoms with Gasteiger partial charge < -0.3 is 10.2 Å². The van der Waals surface area contributed by atoms with Crippen molar-refractivity contribution >= 4 is 29.1 Å². The molecule has 5 heteroatoms. The van der Waals surface area contributed by atoms with Gasteiger partial charge in [0.15, 0.2) is 0 Å². The van der Waals surface area contributed by atoms with Crippen LogP contribution in [0.25, 0.3) is 0 Å². The van der Waals surface area contributed by atoms with E-state index in [-0.39, 0.29) is 11.9 Å². The van der Waals surface area contributed by atoms with Crippen LogP contribution in [0, 0.1) is 5.41 Å². The Morgan fingerprint density at radius 1 is 1.38 bits per heavy atom. The molecular weight excluding hydrogens is 247 g/mol. The lowest BCUT2D eigenvalue weighted by Crippen LogP contribution is -2.46. The fraction of sp³-hybridized carbons (Fsp3) is 0.909. The fourth-order valence-corrected chi connectivity index (χ4v) is 2.85. The minimum absolute atomic E-state index is 0.00653. The molecule has 0 bridgehead atoms. The summed E-state index contributed by atoms with van der Waals surface area (Å²) in [6.07, 6.45) is 2.58. The van der Waals surface area contributed by atoms with Crippen molar-refractivity contribution in [3.8, 4) is 0 Å². The van der Waals surface area contributed by atoms with Gasteiger partial charge >= 0.3 is 0 Å². The fourth-order valence-electron chi connectivity index (χ4n) is 2.14. The molecule has 3 nitrogen and oxygen atoms in total. The second-order valence-electron chi connectivity index (χ2n) is 5.26. The maximum Gasteiger partial charge on any atom is 0.229 e. The van der Waals surface area contributed by atoms with E-state index in [1.165, 1.54) is 0 Å². The summed E-state index contributed by atoms with van der Waals surface area (Å²) >= 11 is 12.0. The van der Waals surface area contributed by atoms with Gasteiger partial charge in [0.05, 0.1) is 5.41 Å². The molecule has 1 saturated carbocycles. The molecule has 1 aliphatic heterocycles. The number of piperidine rings is 1. The Hall–Kier alpha value is 0.01000. The first-order valence-electron chi connectivity index (χ1n) is 5.72. The molecule has 92 valence electrons. The Morgan fingerprint density at radius 3 is 2.31 bits per heavy atom. The van der Waals surface area contributed by atoms with E-state index in [0.29, 0.717) is 6.42 Å². The average molecular weight is 265 g/mol. The van der Waals surface area contributed by atoms with Crippen LogP contribution in [0.15, 0.2) is 0 Å². The highest BCUT2D eigenvalue weighted by atomic mass is 35.5. The molecule has 0 aromatic rings. The highest BCUT2D eigenvalue weighted by molar-refractivity contribution is 6.53. The molecule has 1 N–H and O–H groups in total. The minimum Gasteiger partial charge on any atom is -0.353 e. The van der Waals surface area contributed by atoms with Crippen molar-refractivity contribution in [3.63, 3.8) is 0 Å². The predicted octanol–water partition coefficient (Wildman–Crippen LogP) is 1.78. The molecule has 0 aromatic heterocycles. The maximum absolute atomic E-state index is 12.0. The number of halogens is 2. The Labute approximate surface area is 106 Å². The summed E-state index contributed by atoms with van der Waals surface area (Å²) in [7, 11) is 2.10. The number of amides is 1. The normalized spacial score (nSPS) is 34.8. The zero-order valence-corrected chi connectivity index (χ0v) is 11.2. The summed E-state index contributed by atoms with van der Waals surface area (Å²) in [4.78, 5) is 14.3. The van der Waals surface area contributed by atoms with Crippen LogP contribution >= 0.6 is 23.2 Å². The van der Waals surface area contributed by atoms with E-state index >= 15 is 0 Å². The van der Waals surface area contributed by atoms with E-state index in [2.05, 4.69) is 17.3 Å². The molecule has 2 rings (SSSR count). The van der Waals surface area contributed by atoms with Crippen molar-refractivity contribution in [1.82, 2.24) is 10.2 Å². The van der Waals surface area contributed by atoms with Crippen molar-refractivity contribution in [1.29, 1.82) is 0 Å². The van der Waals surface area contributed by atoms with Crippen molar-refractivity contribution < 1.29 is 4.79 Å². The minimum atomic E-state index is -0.859. The van der Waals surface area contributed by atoms with Gasteiger partial charge in [0.25, 0.3) is 0 Å². The first-order chi connectivity index (χ1) is 7.35. The smallest absolute Gasteiger partial charge is 0.229 e. The van der Waals surface area contributed by atoms with Gasteiger partial charge in [-0.2, -0.15) is 0 Å². The van der Waals surface area contributed by atoms with Crippen LogP contribution in [-0.4, -0.2) is 41.3 Å². The summed E-state index contributed by atoms with van der Waals surface area (Å²) in [5.74, 6) is 0.00653. The molecule has 16 heavy (non-hydrogen) atoms. The number of carbonyl (C=O) groups is 1. The van der Waals surface area contributed by atoms with E-state index in [9.17, 15) is 4.79 Å². The van der Waals surface area contributed by atoms with Crippen molar-refractivity contribution in [2.45, 2.75) is 36.6 Å². The second-order valence-corrected chi connectivity index (χ2v) is 6.75. The van der Waals surface area contributed by atoms with Crippen LogP contribution < -0.4 is 5.32 Å². The summed E-state index contributed by atoms with van der Waals surface area (Å²) < 4.78 is -0.859. The molecule has 0 radical (unpaired) electrons. The Balaban J connectivity index is 1.85. The third-order valence-corrected chi connectivity index (χ3v) is 4.91. The highest BCUT2D eigenvalue weighted by Gasteiger charge is 2.68. The molecule has 2 aliphatic rings. The lowest BCUT2D eigenvalue weighted by molar-refractivity contribution is -0.126. The maximum atomic E-state index is 12.0. The highest BCUT2D eigenvalue weighted by Crippen LogP contribution is 2.63. The quantitative estimate of drug-likeness (QED) is 0.772. The Morgan fingerprint density at radius 2 is 1.88 bits per heavy atom. The van der Waals surface area contributed by atoms with Crippen LogP contribution in [0.5, 0.6) is 0 Å². The number of hydrogen-bond donors (Lipinski definition) is 1. The zero-order chi connectivity index (χ0) is 12.0. The molecule has 0 aromatic carbocycles. The molecule has 1 aliphatic carbocycles. The van der Waals surface area contributed by atoms with Crippen molar-refractivity contribution in [2.75, 3.05) is 20.1 Å².